The summed E-state index contributed by atoms with van der Waals surface area (Å²) in [5.41, 5.74) is 0.289. The Morgan fingerprint density at radius 3 is 3.00 bits per heavy atom. The number of H-pyrrole nitrogens is 2. The molecule has 2 aromatic heterocycles. The summed E-state index contributed by atoms with van der Waals surface area (Å²) < 4.78 is 0. The predicted molar refractivity (Wildman–Crippen MR) is 52.9 cm³/mol. The number of carboxylic acid groups (broad SMARTS) is 1. The number of rotatable bonds is 3. The molecule has 0 radical (unpaired) electrons. The van der Waals surface area contributed by atoms with Crippen LogP contribution >= 0.6 is 0 Å². The van der Waals surface area contributed by atoms with Crippen LogP contribution in [0.2, 0.25) is 0 Å². The second-order valence-electron chi connectivity index (χ2n) is 3.75. The maximum atomic E-state index is 10.9. The number of carbonyl (C=O) groups is 1. The van der Waals surface area contributed by atoms with Crippen molar-refractivity contribution >= 4 is 5.97 Å². The molecule has 16 heavy (non-hydrogen) atoms. The summed E-state index contributed by atoms with van der Waals surface area (Å²) in [7, 11) is 0. The maximum Gasteiger partial charge on any atom is 0.354 e. The van der Waals surface area contributed by atoms with E-state index >= 15 is 0 Å². The number of nitrogens with one attached hydrogen (secondary N) is 2. The molecule has 0 aliphatic heterocycles. The molecule has 0 spiro atoms. The van der Waals surface area contributed by atoms with Crippen LogP contribution in [0.3, 0.4) is 0 Å². The smallest absolute Gasteiger partial charge is 0.354 e. The highest BCUT2D eigenvalue weighted by molar-refractivity contribution is 5.91. The van der Waals surface area contributed by atoms with E-state index in [9.17, 15) is 4.79 Å². The molecule has 0 bridgehead atoms. The van der Waals surface area contributed by atoms with Crippen molar-refractivity contribution in [1.29, 1.82) is 0 Å². The van der Waals surface area contributed by atoms with Crippen molar-refractivity contribution in [2.45, 2.75) is 18.8 Å². The summed E-state index contributed by atoms with van der Waals surface area (Å²) in [6, 6.07) is 0. The Morgan fingerprint density at radius 2 is 2.31 bits per heavy atom. The first-order valence-electron chi connectivity index (χ1n) is 4.95. The number of carboxylic acids is 1. The first-order valence-corrected chi connectivity index (χ1v) is 4.95. The second kappa shape index (κ2) is 3.16. The third-order valence-corrected chi connectivity index (χ3v) is 2.53. The molecular formula is C9H9N5O2. The van der Waals surface area contributed by atoms with Crippen molar-refractivity contribution < 1.29 is 9.90 Å². The number of aromatic carboxylic acids is 1. The third kappa shape index (κ3) is 1.37. The molecule has 0 unspecified atom stereocenters. The zero-order chi connectivity index (χ0) is 11.1. The summed E-state index contributed by atoms with van der Waals surface area (Å²) in [6.07, 6.45) is 3.55. The van der Waals surface area contributed by atoms with Crippen molar-refractivity contribution in [3.63, 3.8) is 0 Å². The van der Waals surface area contributed by atoms with Crippen molar-refractivity contribution in [1.82, 2.24) is 25.1 Å². The van der Waals surface area contributed by atoms with Crippen molar-refractivity contribution in [3.05, 3.63) is 17.8 Å². The van der Waals surface area contributed by atoms with Crippen molar-refractivity contribution in [2.24, 2.45) is 0 Å². The van der Waals surface area contributed by atoms with Gasteiger partial charge in [0.15, 0.2) is 5.69 Å². The monoisotopic (exact) mass is 219 g/mol. The number of hydrogen-bond donors (Lipinski definition) is 3. The molecule has 1 aliphatic carbocycles. The summed E-state index contributed by atoms with van der Waals surface area (Å²) >= 11 is 0. The summed E-state index contributed by atoms with van der Waals surface area (Å²) in [5.74, 6) is 0.536. The van der Waals surface area contributed by atoms with Crippen LogP contribution in [0.1, 0.15) is 35.1 Å². The molecular weight excluding hydrogens is 210 g/mol. The van der Waals surface area contributed by atoms with E-state index < -0.39 is 5.97 Å². The van der Waals surface area contributed by atoms with Crippen LogP contribution in [0.4, 0.5) is 0 Å². The van der Waals surface area contributed by atoms with Crippen LogP contribution in [-0.4, -0.2) is 36.2 Å². The molecule has 2 heterocycles. The molecule has 3 N–H and O–H groups in total. The van der Waals surface area contributed by atoms with Gasteiger partial charge in [0.05, 0.1) is 6.33 Å². The highest BCUT2D eigenvalue weighted by Crippen LogP contribution is 2.38. The van der Waals surface area contributed by atoms with Crippen LogP contribution in [0, 0.1) is 0 Å². The first-order chi connectivity index (χ1) is 7.75. The molecule has 3 rings (SSSR count). The minimum atomic E-state index is -1.06. The van der Waals surface area contributed by atoms with E-state index in [4.69, 9.17) is 5.11 Å². The second-order valence-corrected chi connectivity index (χ2v) is 3.75. The standard InChI is InChI=1S/C9H9N5O2/c15-9(16)6-5(10-3-11-6)8-12-7(13-14-8)4-1-2-4/h3-4H,1-2H2,(H,10,11)(H,15,16)(H,12,13,14). The van der Waals surface area contributed by atoms with E-state index in [1.54, 1.807) is 0 Å². The van der Waals surface area contributed by atoms with Gasteiger partial charge in [0.1, 0.15) is 11.5 Å². The van der Waals surface area contributed by atoms with E-state index in [-0.39, 0.29) is 11.4 Å². The van der Waals surface area contributed by atoms with Crippen molar-refractivity contribution in [3.8, 4) is 11.5 Å². The fourth-order valence-electron chi connectivity index (χ4n) is 1.55. The highest BCUT2D eigenvalue weighted by Gasteiger charge is 2.28. The quantitative estimate of drug-likeness (QED) is 0.706. The van der Waals surface area contributed by atoms with Gasteiger partial charge in [0.2, 0.25) is 5.82 Å². The Labute approximate surface area is 89.9 Å². The van der Waals surface area contributed by atoms with Gasteiger partial charge in [0, 0.05) is 5.92 Å². The van der Waals surface area contributed by atoms with Crippen LogP contribution in [0.15, 0.2) is 6.33 Å². The zero-order valence-electron chi connectivity index (χ0n) is 8.27. The summed E-state index contributed by atoms with van der Waals surface area (Å²) in [6.45, 7) is 0. The van der Waals surface area contributed by atoms with Gasteiger partial charge < -0.3 is 10.1 Å². The van der Waals surface area contributed by atoms with Crippen LogP contribution in [0.25, 0.3) is 11.5 Å². The molecule has 0 aromatic carbocycles. The van der Waals surface area contributed by atoms with Gasteiger partial charge in [-0.1, -0.05) is 0 Å². The average Bonchev–Trinajstić information content (AvgIpc) is 2.83. The van der Waals surface area contributed by atoms with Gasteiger partial charge in [-0.3, -0.25) is 5.10 Å². The zero-order valence-corrected chi connectivity index (χ0v) is 8.27. The molecule has 2 aromatic rings. The van der Waals surface area contributed by atoms with Crippen LogP contribution in [0.5, 0.6) is 0 Å². The molecule has 1 aliphatic rings. The fraction of sp³-hybridized carbons (Fsp3) is 0.333. The summed E-state index contributed by atoms with van der Waals surface area (Å²) in [4.78, 5) is 21.6. The number of aromatic amines is 2. The van der Waals surface area contributed by atoms with E-state index in [1.165, 1.54) is 6.33 Å². The molecule has 0 amide bonds. The SMILES string of the molecule is O=C(O)c1[nH]cnc1-c1n[nH]c(C2CC2)n1. The number of aromatic nitrogens is 5. The first kappa shape index (κ1) is 9.08. The summed E-state index contributed by atoms with van der Waals surface area (Å²) in [5, 5.41) is 15.7. The predicted octanol–water partition coefficient (Wildman–Crippen LogP) is 0.770. The Hall–Kier alpha value is -2.18. The number of imidazole rings is 1. The lowest BCUT2D eigenvalue weighted by Crippen LogP contribution is -1.99. The van der Waals surface area contributed by atoms with Crippen LogP contribution in [-0.2, 0) is 0 Å². The highest BCUT2D eigenvalue weighted by atomic mass is 16.4. The fourth-order valence-corrected chi connectivity index (χ4v) is 1.55. The lowest BCUT2D eigenvalue weighted by Gasteiger charge is -1.91. The van der Waals surface area contributed by atoms with Gasteiger partial charge >= 0.3 is 5.97 Å². The number of hydrogen-bond acceptors (Lipinski definition) is 4. The van der Waals surface area contributed by atoms with Crippen LogP contribution < -0.4 is 0 Å². The molecule has 0 atom stereocenters. The van der Waals surface area contributed by atoms with E-state index in [0.717, 1.165) is 18.7 Å². The van der Waals surface area contributed by atoms with Gasteiger partial charge in [-0.05, 0) is 12.8 Å². The Morgan fingerprint density at radius 1 is 1.50 bits per heavy atom. The van der Waals surface area contributed by atoms with Gasteiger partial charge in [-0.15, -0.1) is 0 Å². The lowest BCUT2D eigenvalue weighted by molar-refractivity contribution is 0.0692. The topological polar surface area (TPSA) is 108 Å². The maximum absolute atomic E-state index is 10.9. The third-order valence-electron chi connectivity index (χ3n) is 2.53. The van der Waals surface area contributed by atoms with Gasteiger partial charge in [0.25, 0.3) is 0 Å². The van der Waals surface area contributed by atoms with E-state index in [2.05, 4.69) is 25.1 Å². The molecule has 7 nitrogen and oxygen atoms in total. The lowest BCUT2D eigenvalue weighted by atomic mass is 10.3. The normalized spacial score (nSPS) is 15.2. The molecule has 1 fully saturated rings. The average molecular weight is 219 g/mol. The Bertz CT molecular complexity index is 540. The minimum Gasteiger partial charge on any atom is -0.477 e. The Kier molecular flexibility index (Phi) is 1.79. The van der Waals surface area contributed by atoms with Gasteiger partial charge in [-0.25, -0.2) is 14.8 Å². The van der Waals surface area contributed by atoms with E-state index in [1.807, 2.05) is 0 Å². The molecule has 7 heteroatoms. The molecule has 1 saturated carbocycles. The largest absolute Gasteiger partial charge is 0.477 e. The number of nitrogens with zero attached hydrogens (tertiary/aromatic N) is 3. The molecule has 0 saturated heterocycles. The van der Waals surface area contributed by atoms with Crippen molar-refractivity contribution in [2.75, 3.05) is 0 Å². The van der Waals surface area contributed by atoms with Gasteiger partial charge in [-0.2, -0.15) is 5.10 Å². The Balaban J connectivity index is 2.00. The van der Waals surface area contributed by atoms with E-state index in [0.29, 0.717) is 11.7 Å². The minimum absolute atomic E-state index is 0.0151. The molecule has 82 valence electrons.